The first-order valence-electron chi connectivity index (χ1n) is 6.14. The molecule has 0 fully saturated rings. The summed E-state index contributed by atoms with van der Waals surface area (Å²) >= 11 is 1.61. The molecule has 5 nitrogen and oxygen atoms in total. The Morgan fingerprint density at radius 1 is 1.25 bits per heavy atom. The van der Waals surface area contributed by atoms with Gasteiger partial charge in [0, 0.05) is 5.56 Å². The maximum atomic E-state index is 12.1. The van der Waals surface area contributed by atoms with Gasteiger partial charge in [-0.25, -0.2) is 4.79 Å². The maximum absolute atomic E-state index is 12.1. The second kappa shape index (κ2) is 8.47. The second-order valence-electron chi connectivity index (χ2n) is 4.06. The molecule has 1 N–H and O–H groups in total. The number of esters is 1. The standard InChI is InChI=1S/C14H19NO4S/c1-18-11-6-4-10(5-7-11)13(16)15-12(8-9-20-3)14(17)19-2/h4-7,12H,8-9H2,1-3H3,(H,15,16)/t12-/m1/s1. The van der Waals surface area contributed by atoms with Crippen LogP contribution in [0.3, 0.4) is 0 Å². The summed E-state index contributed by atoms with van der Waals surface area (Å²) in [4.78, 5) is 23.7. The number of ether oxygens (including phenoxy) is 2. The van der Waals surface area contributed by atoms with Crippen LogP contribution >= 0.6 is 11.8 Å². The normalized spacial score (nSPS) is 11.6. The Hall–Kier alpha value is -1.69. The molecular formula is C14H19NO4S. The molecule has 110 valence electrons. The molecule has 0 unspecified atom stereocenters. The molecule has 0 aliphatic rings. The number of hydrogen-bond donors (Lipinski definition) is 1. The summed E-state index contributed by atoms with van der Waals surface area (Å²) in [5, 5.41) is 2.69. The van der Waals surface area contributed by atoms with Gasteiger partial charge in [-0.3, -0.25) is 4.79 Å². The Morgan fingerprint density at radius 2 is 1.90 bits per heavy atom. The zero-order valence-electron chi connectivity index (χ0n) is 11.8. The first-order valence-corrected chi connectivity index (χ1v) is 7.53. The Morgan fingerprint density at radius 3 is 2.40 bits per heavy atom. The summed E-state index contributed by atoms with van der Waals surface area (Å²) in [5.41, 5.74) is 0.476. The van der Waals surface area contributed by atoms with E-state index in [0.717, 1.165) is 5.75 Å². The van der Waals surface area contributed by atoms with Crippen molar-refractivity contribution in [2.45, 2.75) is 12.5 Å². The topological polar surface area (TPSA) is 64.6 Å². The highest BCUT2D eigenvalue weighted by Crippen LogP contribution is 2.12. The molecule has 20 heavy (non-hydrogen) atoms. The minimum absolute atomic E-state index is 0.302. The summed E-state index contributed by atoms with van der Waals surface area (Å²) in [6, 6.07) is 6.07. The van der Waals surface area contributed by atoms with Gasteiger partial charge in [0.15, 0.2) is 0 Å². The van der Waals surface area contributed by atoms with Gasteiger partial charge in [-0.1, -0.05) is 0 Å². The lowest BCUT2D eigenvalue weighted by Crippen LogP contribution is -2.41. The number of amides is 1. The van der Waals surface area contributed by atoms with E-state index in [1.165, 1.54) is 7.11 Å². The molecule has 0 aliphatic carbocycles. The number of benzene rings is 1. The molecule has 1 aromatic carbocycles. The predicted molar refractivity (Wildman–Crippen MR) is 79.3 cm³/mol. The highest BCUT2D eigenvalue weighted by molar-refractivity contribution is 7.98. The second-order valence-corrected chi connectivity index (χ2v) is 5.04. The fraction of sp³-hybridized carbons (Fsp3) is 0.429. The lowest BCUT2D eigenvalue weighted by atomic mass is 10.1. The average Bonchev–Trinajstić information content (AvgIpc) is 2.50. The Kier molecular flexibility index (Phi) is 6.93. The van der Waals surface area contributed by atoms with E-state index in [4.69, 9.17) is 9.47 Å². The van der Waals surface area contributed by atoms with Gasteiger partial charge in [0.1, 0.15) is 11.8 Å². The molecule has 0 spiro atoms. The minimum Gasteiger partial charge on any atom is -0.497 e. The van der Waals surface area contributed by atoms with Crippen LogP contribution in [0.5, 0.6) is 5.75 Å². The van der Waals surface area contributed by atoms with E-state index >= 15 is 0 Å². The van der Waals surface area contributed by atoms with Gasteiger partial charge >= 0.3 is 5.97 Å². The molecule has 0 saturated carbocycles. The van der Waals surface area contributed by atoms with Crippen molar-refractivity contribution in [3.05, 3.63) is 29.8 Å². The van der Waals surface area contributed by atoms with E-state index in [0.29, 0.717) is 17.7 Å². The molecular weight excluding hydrogens is 278 g/mol. The molecule has 0 bridgehead atoms. The van der Waals surface area contributed by atoms with Gasteiger partial charge in [-0.2, -0.15) is 11.8 Å². The molecule has 1 amide bonds. The highest BCUT2D eigenvalue weighted by Gasteiger charge is 2.21. The van der Waals surface area contributed by atoms with Crippen molar-refractivity contribution < 1.29 is 19.1 Å². The number of carbonyl (C=O) groups is 2. The molecule has 0 aromatic heterocycles. The van der Waals surface area contributed by atoms with E-state index in [1.807, 2.05) is 6.26 Å². The smallest absolute Gasteiger partial charge is 0.328 e. The van der Waals surface area contributed by atoms with Crippen LogP contribution in [0.25, 0.3) is 0 Å². The third kappa shape index (κ3) is 4.77. The summed E-state index contributed by atoms with van der Waals surface area (Å²) in [7, 11) is 2.87. The lowest BCUT2D eigenvalue weighted by molar-refractivity contribution is -0.142. The predicted octanol–water partition coefficient (Wildman–Crippen LogP) is 1.72. The zero-order chi connectivity index (χ0) is 15.0. The molecule has 1 atom stereocenters. The molecule has 1 aromatic rings. The van der Waals surface area contributed by atoms with Crippen molar-refractivity contribution in [2.24, 2.45) is 0 Å². The minimum atomic E-state index is -0.623. The van der Waals surface area contributed by atoms with Crippen LogP contribution in [-0.2, 0) is 9.53 Å². The molecule has 0 aliphatic heterocycles. The maximum Gasteiger partial charge on any atom is 0.328 e. The number of rotatable bonds is 7. The molecule has 0 saturated heterocycles. The summed E-state index contributed by atoms with van der Waals surface area (Å²) in [5.74, 6) is 0.710. The van der Waals surface area contributed by atoms with Gasteiger partial charge in [-0.15, -0.1) is 0 Å². The van der Waals surface area contributed by atoms with Gasteiger partial charge in [-0.05, 0) is 42.7 Å². The van der Waals surface area contributed by atoms with E-state index in [-0.39, 0.29) is 5.91 Å². The number of thioether (sulfide) groups is 1. The number of carbonyl (C=O) groups excluding carboxylic acids is 2. The molecule has 0 radical (unpaired) electrons. The monoisotopic (exact) mass is 297 g/mol. The third-order valence-corrected chi connectivity index (χ3v) is 3.40. The zero-order valence-corrected chi connectivity index (χ0v) is 12.7. The summed E-state index contributed by atoms with van der Waals surface area (Å²) < 4.78 is 9.73. The molecule has 6 heteroatoms. The number of methoxy groups -OCH3 is 2. The quantitative estimate of drug-likeness (QED) is 0.776. The van der Waals surface area contributed by atoms with Crippen molar-refractivity contribution >= 4 is 23.6 Å². The first kappa shape index (κ1) is 16.4. The van der Waals surface area contributed by atoms with Gasteiger partial charge in [0.05, 0.1) is 14.2 Å². The Balaban J connectivity index is 2.70. The SMILES string of the molecule is COC(=O)[C@@H](CCSC)NC(=O)c1ccc(OC)cc1. The van der Waals surface area contributed by atoms with Crippen LogP contribution in [0, 0.1) is 0 Å². The van der Waals surface area contributed by atoms with Crippen LogP contribution in [0.15, 0.2) is 24.3 Å². The van der Waals surface area contributed by atoms with Gasteiger partial charge < -0.3 is 14.8 Å². The van der Waals surface area contributed by atoms with Crippen molar-refractivity contribution in [1.82, 2.24) is 5.32 Å². The Bertz CT molecular complexity index is 447. The van der Waals surface area contributed by atoms with E-state index < -0.39 is 12.0 Å². The van der Waals surface area contributed by atoms with Crippen molar-refractivity contribution in [3.63, 3.8) is 0 Å². The van der Waals surface area contributed by atoms with Crippen LogP contribution in [0.1, 0.15) is 16.8 Å². The van der Waals surface area contributed by atoms with Crippen LogP contribution in [0.4, 0.5) is 0 Å². The summed E-state index contributed by atoms with van der Waals surface area (Å²) in [6.45, 7) is 0. The van der Waals surface area contributed by atoms with E-state index in [2.05, 4.69) is 5.32 Å². The van der Waals surface area contributed by atoms with Crippen LogP contribution in [-0.4, -0.2) is 44.1 Å². The Labute approximate surface area is 123 Å². The molecule has 1 rings (SSSR count). The fourth-order valence-corrected chi connectivity index (χ4v) is 2.08. The van der Waals surface area contributed by atoms with E-state index in [9.17, 15) is 9.59 Å². The largest absolute Gasteiger partial charge is 0.497 e. The van der Waals surface area contributed by atoms with Crippen LogP contribution in [0.2, 0.25) is 0 Å². The average molecular weight is 297 g/mol. The number of hydrogen-bond acceptors (Lipinski definition) is 5. The number of nitrogens with one attached hydrogen (secondary N) is 1. The molecule has 0 heterocycles. The van der Waals surface area contributed by atoms with Gasteiger partial charge in [0.25, 0.3) is 5.91 Å². The third-order valence-electron chi connectivity index (χ3n) is 2.75. The lowest BCUT2D eigenvalue weighted by Gasteiger charge is -2.16. The summed E-state index contributed by atoms with van der Waals surface area (Å²) in [6.07, 6.45) is 2.48. The fourth-order valence-electron chi connectivity index (χ4n) is 1.61. The van der Waals surface area contributed by atoms with Crippen molar-refractivity contribution in [2.75, 3.05) is 26.2 Å². The van der Waals surface area contributed by atoms with Crippen molar-refractivity contribution in [1.29, 1.82) is 0 Å². The highest BCUT2D eigenvalue weighted by atomic mass is 32.2. The first-order chi connectivity index (χ1) is 9.62. The van der Waals surface area contributed by atoms with Gasteiger partial charge in [0.2, 0.25) is 0 Å². The van der Waals surface area contributed by atoms with E-state index in [1.54, 1.807) is 43.1 Å². The van der Waals surface area contributed by atoms with Crippen molar-refractivity contribution in [3.8, 4) is 5.75 Å². The van der Waals surface area contributed by atoms with Crippen LogP contribution < -0.4 is 10.1 Å².